The van der Waals surface area contributed by atoms with Crippen molar-refractivity contribution in [1.82, 2.24) is 0 Å². The Morgan fingerprint density at radius 2 is 1.45 bits per heavy atom. The van der Waals surface area contributed by atoms with Crippen LogP contribution in [-0.2, 0) is 28.6 Å². The molecule has 0 spiro atoms. The van der Waals surface area contributed by atoms with Crippen molar-refractivity contribution in [3.63, 3.8) is 0 Å². The topological polar surface area (TPSA) is 63.2 Å². The number of halogens is 10. The van der Waals surface area contributed by atoms with Crippen molar-refractivity contribution in [3.8, 4) is 0 Å². The normalized spacial score (nSPS) is 17.6. The van der Waals surface area contributed by atoms with Crippen LogP contribution >= 0.6 is 23.2 Å². The van der Waals surface area contributed by atoms with E-state index in [-0.39, 0.29) is 11.1 Å². The van der Waals surface area contributed by atoms with Gasteiger partial charge in [0.15, 0.2) is 17.4 Å². The van der Waals surface area contributed by atoms with Gasteiger partial charge >= 0.3 is 6.18 Å². The van der Waals surface area contributed by atoms with Gasteiger partial charge in [0.05, 0.1) is 17.0 Å². The molecule has 1 saturated carbocycles. The lowest BCUT2D eigenvalue weighted by Crippen LogP contribution is -2.18. The lowest BCUT2D eigenvalue weighted by Gasteiger charge is -2.11. The second-order valence-corrected chi connectivity index (χ2v) is 11.1. The first kappa shape index (κ1) is 31.4. The van der Waals surface area contributed by atoms with Crippen LogP contribution in [0.3, 0.4) is 0 Å². The molecular weight excluding hydrogens is 621 g/mol. The van der Waals surface area contributed by atoms with E-state index >= 15 is 0 Å². The van der Waals surface area contributed by atoms with Gasteiger partial charge in [0.1, 0.15) is 27.6 Å². The number of benzene rings is 3. The Kier molecular flexibility index (Phi) is 8.45. The Labute approximate surface area is 242 Å². The fourth-order valence-corrected chi connectivity index (χ4v) is 5.39. The number of hydrogen-bond acceptors (Lipinski definition) is 3. The first-order valence-corrected chi connectivity index (χ1v) is 12.7. The van der Waals surface area contributed by atoms with E-state index in [2.05, 4.69) is 5.32 Å². The molecule has 1 fully saturated rings. The Balaban J connectivity index is 1.57. The van der Waals surface area contributed by atoms with Crippen LogP contribution in [0, 0.1) is 35.0 Å². The molecule has 0 saturated heterocycles. The van der Waals surface area contributed by atoms with Crippen LogP contribution in [0.4, 0.5) is 40.8 Å². The molecule has 2 atom stereocenters. The highest BCUT2D eigenvalue weighted by Gasteiger charge is 2.67. The van der Waals surface area contributed by atoms with Crippen LogP contribution in [0.15, 0.2) is 42.5 Å². The van der Waals surface area contributed by atoms with Crippen molar-refractivity contribution in [2.24, 2.45) is 5.92 Å². The maximum absolute atomic E-state index is 14.6. The van der Waals surface area contributed by atoms with Gasteiger partial charge in [0.2, 0.25) is 5.91 Å². The van der Waals surface area contributed by atoms with Gasteiger partial charge < -0.3 is 5.32 Å². The van der Waals surface area contributed by atoms with Crippen molar-refractivity contribution in [1.29, 1.82) is 0 Å². The van der Waals surface area contributed by atoms with Gasteiger partial charge in [-0.15, -0.1) is 23.2 Å². The highest BCUT2D eigenvalue weighted by atomic mass is 35.5. The van der Waals surface area contributed by atoms with Crippen LogP contribution in [0.25, 0.3) is 0 Å². The van der Waals surface area contributed by atoms with E-state index in [1.54, 1.807) is 0 Å². The van der Waals surface area contributed by atoms with Gasteiger partial charge in [-0.05, 0) is 47.9 Å². The van der Waals surface area contributed by atoms with Gasteiger partial charge in [-0.2, -0.15) is 13.2 Å². The first-order valence-electron chi connectivity index (χ1n) is 12.0. The third-order valence-corrected chi connectivity index (χ3v) is 7.53. The smallest absolute Gasteiger partial charge is 0.326 e. The van der Waals surface area contributed by atoms with E-state index in [0.717, 1.165) is 25.1 Å². The van der Waals surface area contributed by atoms with Crippen LogP contribution in [0.2, 0.25) is 0 Å². The van der Waals surface area contributed by atoms with E-state index < -0.39 is 104 Å². The third-order valence-electron chi connectivity index (χ3n) is 6.59. The minimum Gasteiger partial charge on any atom is -0.326 e. The molecule has 42 heavy (non-hydrogen) atoms. The molecule has 4 nitrogen and oxygen atoms in total. The van der Waals surface area contributed by atoms with Crippen LogP contribution in [0.5, 0.6) is 0 Å². The molecule has 3 aromatic carbocycles. The van der Waals surface area contributed by atoms with Gasteiger partial charge in [0, 0.05) is 36.6 Å². The fraction of sp³-hybridized carbons (Fsp3) is 0.250. The van der Waals surface area contributed by atoms with E-state index in [0.29, 0.717) is 24.3 Å². The predicted octanol–water partition coefficient (Wildman–Crippen LogP) is 7.48. The second-order valence-electron chi connectivity index (χ2n) is 9.69. The molecule has 0 bridgehead atoms. The fourth-order valence-electron chi connectivity index (χ4n) is 4.56. The molecule has 1 N–H and O–H groups in total. The number of nitrogens with one attached hydrogen (secondary N) is 1. The van der Waals surface area contributed by atoms with E-state index in [4.69, 9.17) is 23.2 Å². The molecule has 1 aliphatic rings. The number of carbonyl (C=O) groups excluding carboxylic acids is 3. The Bertz CT molecular complexity index is 1620. The van der Waals surface area contributed by atoms with E-state index in [1.165, 1.54) is 0 Å². The van der Waals surface area contributed by atoms with Crippen molar-refractivity contribution in [2.75, 3.05) is 5.32 Å². The molecule has 14 heteroatoms. The predicted molar refractivity (Wildman–Crippen MR) is 136 cm³/mol. The molecule has 1 amide bonds. The summed E-state index contributed by atoms with van der Waals surface area (Å²) >= 11 is 12.3. The molecule has 0 aromatic heterocycles. The second kappa shape index (κ2) is 11.3. The van der Waals surface area contributed by atoms with E-state index in [1.807, 2.05) is 0 Å². The zero-order valence-corrected chi connectivity index (χ0v) is 22.6. The van der Waals surface area contributed by atoms with Crippen LogP contribution < -0.4 is 5.32 Å². The van der Waals surface area contributed by atoms with Gasteiger partial charge in [0.25, 0.3) is 0 Å². The number of amides is 1. The van der Waals surface area contributed by atoms with Crippen molar-refractivity contribution in [3.05, 3.63) is 99.4 Å². The molecule has 4 rings (SSSR count). The zero-order valence-electron chi connectivity index (χ0n) is 21.1. The summed E-state index contributed by atoms with van der Waals surface area (Å²) in [5.74, 6) is -12.3. The quantitative estimate of drug-likeness (QED) is 0.158. The standard InChI is InChI=1S/C28H17Cl2F8NO3/c1-11(40)4-13-5-14(20(33)10-19(13)32)7-22(41)16-8-15(9-21(34)25(16)35)39-26(42)24-23(27(24,29)30)12-2-3-18(31)17(6-12)28(36,37)38/h2-3,5-6,8-10,23-24H,4,7H2,1H3,(H,39,42)/t23-,24+/m0/s1. The number of anilines is 1. The monoisotopic (exact) mass is 637 g/mol. The number of Topliss-reactive ketones (excluding diaryl/α,β-unsaturated/α-hetero) is 2. The molecule has 3 aromatic rings. The number of carbonyl (C=O) groups is 3. The summed E-state index contributed by atoms with van der Waals surface area (Å²) in [5.41, 5.74) is -3.81. The molecule has 0 unspecified atom stereocenters. The lowest BCUT2D eigenvalue weighted by atomic mass is 9.98. The minimum atomic E-state index is -5.05. The minimum absolute atomic E-state index is 0.208. The largest absolute Gasteiger partial charge is 0.419 e. The number of alkyl halides is 5. The van der Waals surface area contributed by atoms with Crippen molar-refractivity contribution in [2.45, 2.75) is 36.2 Å². The van der Waals surface area contributed by atoms with Gasteiger partial charge in [-0.1, -0.05) is 6.07 Å². The lowest BCUT2D eigenvalue weighted by molar-refractivity contribution is -0.140. The van der Waals surface area contributed by atoms with Crippen molar-refractivity contribution < 1.29 is 49.5 Å². The maximum atomic E-state index is 14.6. The zero-order chi connectivity index (χ0) is 31.3. The Morgan fingerprint density at radius 1 is 0.833 bits per heavy atom. The number of hydrogen-bond donors (Lipinski definition) is 1. The van der Waals surface area contributed by atoms with Crippen LogP contribution in [-0.4, -0.2) is 21.8 Å². The average molecular weight is 638 g/mol. The summed E-state index contributed by atoms with van der Waals surface area (Å²) in [6.07, 6.45) is -6.32. The summed E-state index contributed by atoms with van der Waals surface area (Å²) in [7, 11) is 0. The number of ketones is 2. The summed E-state index contributed by atoms with van der Waals surface area (Å²) in [6.45, 7) is 1.16. The maximum Gasteiger partial charge on any atom is 0.419 e. The summed E-state index contributed by atoms with van der Waals surface area (Å²) in [5, 5.41) is 2.17. The molecular formula is C28H17Cl2F8NO3. The molecule has 0 radical (unpaired) electrons. The van der Waals surface area contributed by atoms with E-state index in [9.17, 15) is 49.5 Å². The Morgan fingerprint density at radius 3 is 2.05 bits per heavy atom. The van der Waals surface area contributed by atoms with Crippen molar-refractivity contribution >= 4 is 46.4 Å². The van der Waals surface area contributed by atoms with Crippen LogP contribution in [0.1, 0.15) is 45.5 Å². The molecule has 0 aliphatic heterocycles. The highest BCUT2D eigenvalue weighted by molar-refractivity contribution is 6.53. The average Bonchev–Trinajstić information content (AvgIpc) is 3.45. The highest BCUT2D eigenvalue weighted by Crippen LogP contribution is 2.65. The molecule has 222 valence electrons. The number of rotatable bonds is 8. The summed E-state index contributed by atoms with van der Waals surface area (Å²) in [4.78, 5) is 37.1. The van der Waals surface area contributed by atoms with Gasteiger partial charge in [-0.25, -0.2) is 22.0 Å². The summed E-state index contributed by atoms with van der Waals surface area (Å²) in [6, 6.07) is 4.56. The summed E-state index contributed by atoms with van der Waals surface area (Å²) < 4.78 is 108. The molecule has 0 heterocycles. The van der Waals surface area contributed by atoms with Gasteiger partial charge in [-0.3, -0.25) is 14.4 Å². The molecule has 1 aliphatic carbocycles. The third kappa shape index (κ3) is 6.29. The SMILES string of the molecule is CC(=O)Cc1cc(CC(=O)c2cc(NC(=O)[C@H]3[C@H](c4ccc(F)c(C(F)(F)F)c4)C3(Cl)Cl)cc(F)c2F)c(F)cc1F. The Hall–Kier alpha value is -3.51. The first-order chi connectivity index (χ1) is 19.4.